The Balaban J connectivity index is 2.02. The van der Waals surface area contributed by atoms with Gasteiger partial charge in [-0.1, -0.05) is 18.2 Å². The molecule has 2 N–H and O–H groups in total. The van der Waals surface area contributed by atoms with E-state index in [-0.39, 0.29) is 5.75 Å². The third-order valence-electron chi connectivity index (χ3n) is 4.70. The van der Waals surface area contributed by atoms with Gasteiger partial charge in [-0.25, -0.2) is 9.97 Å². The molecule has 0 bridgehead atoms. The molecule has 0 aliphatic heterocycles. The van der Waals surface area contributed by atoms with Gasteiger partial charge in [0.1, 0.15) is 5.75 Å². The van der Waals surface area contributed by atoms with Crippen molar-refractivity contribution < 1.29 is 5.11 Å². The van der Waals surface area contributed by atoms with Gasteiger partial charge in [-0.3, -0.25) is 0 Å². The fraction of sp³-hybridized carbons (Fsp3) is 0.0476. The number of aromatic nitrogens is 3. The van der Waals surface area contributed by atoms with Crippen LogP contribution >= 0.6 is 0 Å². The fourth-order valence-electron chi connectivity index (χ4n) is 3.51. The molecule has 0 saturated carbocycles. The van der Waals surface area contributed by atoms with E-state index in [1.54, 1.807) is 12.1 Å². The summed E-state index contributed by atoms with van der Waals surface area (Å²) in [7, 11) is 0. The maximum Gasteiger partial charge on any atom is 0.160 e. The molecule has 0 aliphatic rings. The predicted molar refractivity (Wildman–Crippen MR) is 101 cm³/mol. The lowest BCUT2D eigenvalue weighted by Gasteiger charge is -2.11. The summed E-state index contributed by atoms with van der Waals surface area (Å²) in [4.78, 5) is 12.7. The van der Waals surface area contributed by atoms with Crippen LogP contribution in [0.3, 0.4) is 0 Å². The molecule has 4 heteroatoms. The molecule has 4 nitrogen and oxygen atoms in total. The van der Waals surface area contributed by atoms with Crippen LogP contribution in [0, 0.1) is 6.92 Å². The minimum absolute atomic E-state index is 0.244. The number of fused-ring (bicyclic) bond motifs is 5. The average molecular weight is 325 g/mol. The largest absolute Gasteiger partial charge is 0.508 e. The van der Waals surface area contributed by atoms with Gasteiger partial charge in [0.2, 0.25) is 0 Å². The lowest BCUT2D eigenvalue weighted by atomic mass is 9.99. The van der Waals surface area contributed by atoms with Crippen molar-refractivity contribution in [2.75, 3.05) is 0 Å². The van der Waals surface area contributed by atoms with Crippen LogP contribution in [-0.4, -0.2) is 20.1 Å². The van der Waals surface area contributed by atoms with Gasteiger partial charge in [0.25, 0.3) is 0 Å². The van der Waals surface area contributed by atoms with Crippen molar-refractivity contribution in [3.8, 4) is 17.0 Å². The SMILES string of the molecule is Cc1cnc2nc(-c3ccc(O)cc3)c3c[nH]c4ccccc4c3c12. The maximum absolute atomic E-state index is 9.59. The zero-order chi connectivity index (χ0) is 17.0. The van der Waals surface area contributed by atoms with Crippen LogP contribution < -0.4 is 0 Å². The minimum atomic E-state index is 0.244. The number of benzene rings is 2. The maximum atomic E-state index is 9.59. The van der Waals surface area contributed by atoms with E-state index in [2.05, 4.69) is 29.0 Å². The molecule has 0 fully saturated rings. The lowest BCUT2D eigenvalue weighted by molar-refractivity contribution is 0.475. The quantitative estimate of drug-likeness (QED) is 0.429. The second-order valence-electron chi connectivity index (χ2n) is 6.27. The normalized spacial score (nSPS) is 11.6. The molecule has 2 aromatic carbocycles. The van der Waals surface area contributed by atoms with E-state index in [1.807, 2.05) is 36.7 Å². The van der Waals surface area contributed by atoms with Crippen molar-refractivity contribution in [3.63, 3.8) is 0 Å². The third-order valence-corrected chi connectivity index (χ3v) is 4.70. The van der Waals surface area contributed by atoms with E-state index in [4.69, 9.17) is 4.98 Å². The van der Waals surface area contributed by atoms with Crippen LogP contribution in [0.2, 0.25) is 0 Å². The second-order valence-corrected chi connectivity index (χ2v) is 6.27. The molecule has 5 aromatic rings. The number of phenols is 1. The third kappa shape index (κ3) is 2.01. The summed E-state index contributed by atoms with van der Waals surface area (Å²) < 4.78 is 0. The summed E-state index contributed by atoms with van der Waals surface area (Å²) in [6, 6.07) is 15.4. The van der Waals surface area contributed by atoms with Gasteiger partial charge < -0.3 is 10.1 Å². The summed E-state index contributed by atoms with van der Waals surface area (Å²) in [5, 5.41) is 14.1. The van der Waals surface area contributed by atoms with Crippen molar-refractivity contribution in [1.82, 2.24) is 15.0 Å². The molecule has 0 radical (unpaired) electrons. The van der Waals surface area contributed by atoms with Crippen LogP contribution in [0.4, 0.5) is 0 Å². The second kappa shape index (κ2) is 5.05. The van der Waals surface area contributed by atoms with Gasteiger partial charge in [0.05, 0.1) is 5.69 Å². The average Bonchev–Trinajstić information content (AvgIpc) is 3.02. The molecule has 3 heterocycles. The number of para-hydroxylation sites is 1. The molecule has 0 aliphatic carbocycles. The number of hydrogen-bond acceptors (Lipinski definition) is 3. The number of aryl methyl sites for hydroxylation is 1. The van der Waals surface area contributed by atoms with E-state index in [0.717, 1.165) is 49.5 Å². The summed E-state index contributed by atoms with van der Waals surface area (Å²) >= 11 is 0. The molecule has 0 spiro atoms. The standard InChI is InChI=1S/C21H15N3O/c1-12-10-23-21-18(12)19-15-4-2-3-5-17(15)22-11-16(19)20(24-21)13-6-8-14(25)9-7-13/h2-11,22,25H,1H3. The van der Waals surface area contributed by atoms with Gasteiger partial charge in [0.15, 0.2) is 5.65 Å². The topological polar surface area (TPSA) is 61.8 Å². The molecule has 120 valence electrons. The first-order chi connectivity index (χ1) is 12.2. The Kier molecular flexibility index (Phi) is 2.82. The van der Waals surface area contributed by atoms with Crippen molar-refractivity contribution >= 4 is 32.7 Å². The highest BCUT2D eigenvalue weighted by Crippen LogP contribution is 2.37. The number of pyridine rings is 2. The van der Waals surface area contributed by atoms with Crippen molar-refractivity contribution in [2.24, 2.45) is 0 Å². The minimum Gasteiger partial charge on any atom is -0.508 e. The Morgan fingerprint density at radius 1 is 0.920 bits per heavy atom. The number of nitrogens with one attached hydrogen (secondary N) is 1. The molecule has 0 amide bonds. The number of nitrogens with zero attached hydrogens (tertiary/aromatic N) is 2. The summed E-state index contributed by atoms with van der Waals surface area (Å²) in [5.74, 6) is 0.244. The molecule has 0 atom stereocenters. The Morgan fingerprint density at radius 2 is 1.72 bits per heavy atom. The van der Waals surface area contributed by atoms with Gasteiger partial charge >= 0.3 is 0 Å². The Labute approximate surface area is 143 Å². The van der Waals surface area contributed by atoms with Crippen LogP contribution in [0.1, 0.15) is 5.56 Å². The molecule has 5 rings (SSSR count). The predicted octanol–water partition coefficient (Wildman–Crippen LogP) is 4.95. The lowest BCUT2D eigenvalue weighted by Crippen LogP contribution is -1.92. The first kappa shape index (κ1) is 14.0. The monoisotopic (exact) mass is 325 g/mol. The zero-order valence-corrected chi connectivity index (χ0v) is 13.6. The van der Waals surface area contributed by atoms with Crippen LogP contribution in [0.25, 0.3) is 44.0 Å². The van der Waals surface area contributed by atoms with Crippen LogP contribution in [0.15, 0.2) is 60.9 Å². The highest BCUT2D eigenvalue weighted by molar-refractivity contribution is 6.21. The van der Waals surface area contributed by atoms with Crippen LogP contribution in [-0.2, 0) is 0 Å². The summed E-state index contributed by atoms with van der Waals surface area (Å²) in [5.41, 5.74) is 4.78. The number of H-pyrrole nitrogens is 1. The first-order valence-electron chi connectivity index (χ1n) is 8.17. The van der Waals surface area contributed by atoms with E-state index < -0.39 is 0 Å². The Hall–Kier alpha value is -3.40. The number of phenolic OH excluding ortho intramolecular Hbond substituents is 1. The molecular weight excluding hydrogens is 310 g/mol. The zero-order valence-electron chi connectivity index (χ0n) is 13.6. The number of rotatable bonds is 1. The molecular formula is C21H15N3O. The fourth-order valence-corrected chi connectivity index (χ4v) is 3.51. The Bertz CT molecular complexity index is 1250. The van der Waals surface area contributed by atoms with Crippen LogP contribution in [0.5, 0.6) is 5.75 Å². The van der Waals surface area contributed by atoms with E-state index >= 15 is 0 Å². The molecule has 25 heavy (non-hydrogen) atoms. The van der Waals surface area contributed by atoms with Crippen molar-refractivity contribution in [3.05, 3.63) is 66.5 Å². The van der Waals surface area contributed by atoms with Crippen molar-refractivity contribution in [2.45, 2.75) is 6.92 Å². The molecule has 0 saturated heterocycles. The Morgan fingerprint density at radius 3 is 2.56 bits per heavy atom. The number of aromatic amines is 1. The van der Waals surface area contributed by atoms with Gasteiger partial charge in [0, 0.05) is 45.0 Å². The van der Waals surface area contributed by atoms with Gasteiger partial charge in [-0.15, -0.1) is 0 Å². The number of hydrogen-bond donors (Lipinski definition) is 2. The van der Waals surface area contributed by atoms with Crippen molar-refractivity contribution in [1.29, 1.82) is 0 Å². The highest BCUT2D eigenvalue weighted by Gasteiger charge is 2.16. The first-order valence-corrected chi connectivity index (χ1v) is 8.17. The highest BCUT2D eigenvalue weighted by atomic mass is 16.3. The molecule has 3 aromatic heterocycles. The molecule has 0 unspecified atom stereocenters. The number of aromatic hydroxyl groups is 1. The van der Waals surface area contributed by atoms with E-state index in [0.29, 0.717) is 0 Å². The summed E-state index contributed by atoms with van der Waals surface area (Å²) in [6.45, 7) is 2.07. The van der Waals surface area contributed by atoms with E-state index in [9.17, 15) is 5.11 Å². The summed E-state index contributed by atoms with van der Waals surface area (Å²) in [6.07, 6.45) is 3.89. The smallest absolute Gasteiger partial charge is 0.160 e. The van der Waals surface area contributed by atoms with Gasteiger partial charge in [-0.2, -0.15) is 0 Å². The van der Waals surface area contributed by atoms with Gasteiger partial charge in [-0.05, 0) is 42.8 Å². The van der Waals surface area contributed by atoms with E-state index in [1.165, 1.54) is 0 Å².